The second kappa shape index (κ2) is 7.10. The van der Waals surface area contributed by atoms with Crippen molar-refractivity contribution in [1.82, 2.24) is 24.7 Å². The number of hydrogen-bond donors (Lipinski definition) is 2. The van der Waals surface area contributed by atoms with Crippen LogP contribution in [0.2, 0.25) is 0 Å². The lowest BCUT2D eigenvalue weighted by Crippen LogP contribution is -2.15. The van der Waals surface area contributed by atoms with E-state index in [1.54, 1.807) is 6.92 Å². The van der Waals surface area contributed by atoms with Crippen molar-refractivity contribution in [2.75, 3.05) is 5.73 Å². The van der Waals surface area contributed by atoms with Gasteiger partial charge >= 0.3 is 6.18 Å². The summed E-state index contributed by atoms with van der Waals surface area (Å²) < 4.78 is 40.2. The summed E-state index contributed by atoms with van der Waals surface area (Å²) in [6.07, 6.45) is 0.512. The fourth-order valence-corrected chi connectivity index (χ4v) is 2.41. The number of anilines is 1. The highest BCUT2D eigenvalue weighted by molar-refractivity contribution is 6.21. The zero-order valence-electron chi connectivity index (χ0n) is 14.5. The van der Waals surface area contributed by atoms with Crippen LogP contribution in [0.25, 0.3) is 23.2 Å². The fourth-order valence-electron chi connectivity index (χ4n) is 2.41. The smallest absolute Gasteiger partial charge is 0.382 e. The number of aryl methyl sites for hydroxylation is 1. The number of nitrogens with zero attached hydrogens (tertiary/aromatic N) is 5. The maximum Gasteiger partial charge on any atom is 0.416 e. The number of amides is 1. The number of aromatic nitrogens is 5. The summed E-state index contributed by atoms with van der Waals surface area (Å²) in [5.74, 6) is -0.584. The lowest BCUT2D eigenvalue weighted by atomic mass is 10.1. The van der Waals surface area contributed by atoms with Crippen molar-refractivity contribution in [3.8, 4) is 11.4 Å². The summed E-state index contributed by atoms with van der Waals surface area (Å²) in [5, 5.41) is 4.09. The van der Waals surface area contributed by atoms with Crippen molar-refractivity contribution in [3.05, 3.63) is 53.7 Å². The number of carbonyl (C=O) groups excluding carboxylic acids is 1. The van der Waals surface area contributed by atoms with Crippen LogP contribution in [-0.4, -0.2) is 30.6 Å². The Morgan fingerprint density at radius 2 is 1.89 bits per heavy atom. The number of alkyl halides is 3. The van der Waals surface area contributed by atoms with Crippen molar-refractivity contribution in [2.45, 2.75) is 13.1 Å². The Morgan fingerprint density at radius 1 is 1.14 bits per heavy atom. The third kappa shape index (κ3) is 4.14. The Morgan fingerprint density at radius 3 is 2.50 bits per heavy atom. The molecule has 0 spiro atoms. The minimum Gasteiger partial charge on any atom is -0.382 e. The lowest BCUT2D eigenvalue weighted by molar-refractivity contribution is -0.137. The standard InChI is InChI=1S/C17H14F3N7O/c1-9-2-10(4-11(3-9)17(18,19)20)16-25-8-27(26-16)7-12(15(22)28)13-5-24-14(21)6-23-13/h2-8H,1H3,(H2,21,24)(H2,22,28)/b12-7-. The number of hydrogen-bond acceptors (Lipinski definition) is 6. The molecule has 1 aromatic carbocycles. The molecular formula is C17H14F3N7O. The molecule has 3 rings (SSSR count). The molecule has 1 amide bonds. The molecule has 0 saturated carbocycles. The minimum atomic E-state index is -4.49. The molecule has 3 aromatic rings. The molecule has 0 unspecified atom stereocenters. The number of nitrogens with two attached hydrogens (primary N) is 2. The summed E-state index contributed by atoms with van der Waals surface area (Å²) in [7, 11) is 0. The van der Waals surface area contributed by atoms with Gasteiger partial charge in [0.25, 0.3) is 5.91 Å². The van der Waals surface area contributed by atoms with Crippen molar-refractivity contribution in [2.24, 2.45) is 5.73 Å². The monoisotopic (exact) mass is 389 g/mol. The van der Waals surface area contributed by atoms with Crippen molar-refractivity contribution >= 4 is 23.5 Å². The Hall–Kier alpha value is -3.76. The summed E-state index contributed by atoms with van der Waals surface area (Å²) in [5.41, 5.74) is 10.8. The van der Waals surface area contributed by atoms with Crippen molar-refractivity contribution in [1.29, 1.82) is 0 Å². The highest BCUT2D eigenvalue weighted by Gasteiger charge is 2.31. The van der Waals surface area contributed by atoms with Gasteiger partial charge in [-0.25, -0.2) is 14.6 Å². The normalized spacial score (nSPS) is 12.2. The Labute approximate surface area is 156 Å². The van der Waals surface area contributed by atoms with Gasteiger partial charge in [-0.05, 0) is 30.7 Å². The first-order chi connectivity index (χ1) is 13.1. The Balaban J connectivity index is 1.99. The molecule has 0 saturated heterocycles. The van der Waals surface area contributed by atoms with E-state index in [1.165, 1.54) is 31.0 Å². The van der Waals surface area contributed by atoms with Crippen molar-refractivity contribution < 1.29 is 18.0 Å². The van der Waals surface area contributed by atoms with E-state index in [4.69, 9.17) is 11.5 Å². The topological polar surface area (TPSA) is 126 Å². The maximum atomic E-state index is 13.0. The van der Waals surface area contributed by atoms with Gasteiger partial charge in [0.15, 0.2) is 5.82 Å². The second-order valence-electron chi connectivity index (χ2n) is 5.87. The van der Waals surface area contributed by atoms with E-state index in [2.05, 4.69) is 20.1 Å². The molecule has 0 aliphatic heterocycles. The summed E-state index contributed by atoms with van der Waals surface area (Å²) in [6, 6.07) is 3.52. The second-order valence-corrected chi connectivity index (χ2v) is 5.87. The number of halogens is 3. The number of benzene rings is 1. The molecule has 0 fully saturated rings. The van der Waals surface area contributed by atoms with Crippen LogP contribution in [0.5, 0.6) is 0 Å². The van der Waals surface area contributed by atoms with Gasteiger partial charge in [-0.3, -0.25) is 9.78 Å². The molecule has 0 aliphatic carbocycles. The molecule has 11 heteroatoms. The summed E-state index contributed by atoms with van der Waals surface area (Å²) in [4.78, 5) is 23.5. The Bertz CT molecular complexity index is 1060. The minimum absolute atomic E-state index is 0.0239. The zero-order chi connectivity index (χ0) is 20.5. The third-order valence-electron chi connectivity index (χ3n) is 3.65. The van der Waals surface area contributed by atoms with E-state index in [-0.39, 0.29) is 28.5 Å². The number of rotatable bonds is 4. The van der Waals surface area contributed by atoms with Crippen LogP contribution in [-0.2, 0) is 11.0 Å². The first kappa shape index (κ1) is 19.0. The molecule has 144 valence electrons. The van der Waals surface area contributed by atoms with Crippen LogP contribution in [0.4, 0.5) is 19.0 Å². The van der Waals surface area contributed by atoms with Gasteiger partial charge in [0.05, 0.1) is 29.2 Å². The molecule has 2 heterocycles. The van der Waals surface area contributed by atoms with E-state index >= 15 is 0 Å². The molecule has 8 nitrogen and oxygen atoms in total. The highest BCUT2D eigenvalue weighted by atomic mass is 19.4. The largest absolute Gasteiger partial charge is 0.416 e. The molecular weight excluding hydrogens is 375 g/mol. The van der Waals surface area contributed by atoms with Crippen LogP contribution in [0, 0.1) is 6.92 Å². The van der Waals surface area contributed by atoms with E-state index in [0.717, 1.165) is 16.8 Å². The van der Waals surface area contributed by atoms with Crippen LogP contribution in [0.15, 0.2) is 36.9 Å². The summed E-state index contributed by atoms with van der Waals surface area (Å²) in [6.45, 7) is 1.54. The highest BCUT2D eigenvalue weighted by Crippen LogP contribution is 2.32. The fraction of sp³-hybridized carbons (Fsp3) is 0.118. The lowest BCUT2D eigenvalue weighted by Gasteiger charge is -2.09. The molecule has 0 atom stereocenters. The van der Waals surface area contributed by atoms with E-state index in [9.17, 15) is 18.0 Å². The molecule has 0 bridgehead atoms. The quantitative estimate of drug-likeness (QED) is 0.659. The molecule has 2 aromatic heterocycles. The zero-order valence-corrected chi connectivity index (χ0v) is 14.5. The van der Waals surface area contributed by atoms with Gasteiger partial charge in [0.2, 0.25) is 0 Å². The Kier molecular flexibility index (Phi) is 4.82. The van der Waals surface area contributed by atoms with E-state index < -0.39 is 17.6 Å². The maximum absolute atomic E-state index is 13.0. The van der Waals surface area contributed by atoms with Crippen LogP contribution in [0.1, 0.15) is 16.8 Å². The first-order valence-corrected chi connectivity index (χ1v) is 7.83. The number of carbonyl (C=O) groups is 1. The third-order valence-corrected chi connectivity index (χ3v) is 3.65. The predicted molar refractivity (Wildman–Crippen MR) is 95.0 cm³/mol. The average Bonchev–Trinajstić information content (AvgIpc) is 3.08. The summed E-state index contributed by atoms with van der Waals surface area (Å²) >= 11 is 0. The first-order valence-electron chi connectivity index (χ1n) is 7.83. The van der Waals surface area contributed by atoms with Gasteiger partial charge in [-0.15, -0.1) is 5.10 Å². The average molecular weight is 389 g/mol. The number of primary amides is 1. The van der Waals surface area contributed by atoms with Crippen LogP contribution < -0.4 is 11.5 Å². The van der Waals surface area contributed by atoms with E-state index in [1.807, 2.05) is 0 Å². The molecule has 4 N–H and O–H groups in total. The van der Waals surface area contributed by atoms with Gasteiger partial charge in [-0.2, -0.15) is 13.2 Å². The van der Waals surface area contributed by atoms with Gasteiger partial charge in [0, 0.05) is 11.8 Å². The van der Waals surface area contributed by atoms with Gasteiger partial charge in [0.1, 0.15) is 12.1 Å². The van der Waals surface area contributed by atoms with E-state index in [0.29, 0.717) is 5.56 Å². The molecule has 0 aliphatic rings. The van der Waals surface area contributed by atoms with Crippen LogP contribution in [0.3, 0.4) is 0 Å². The predicted octanol–water partition coefficient (Wildman–Crippen LogP) is 2.13. The SMILES string of the molecule is Cc1cc(-c2ncn(/C=C(\C(N)=O)c3cnc(N)cn3)n2)cc(C(F)(F)F)c1. The van der Waals surface area contributed by atoms with Crippen LogP contribution >= 0.6 is 0 Å². The number of nitrogen functional groups attached to an aromatic ring is 1. The van der Waals surface area contributed by atoms with Gasteiger partial charge < -0.3 is 11.5 Å². The molecule has 0 radical (unpaired) electrons. The van der Waals surface area contributed by atoms with Crippen molar-refractivity contribution in [3.63, 3.8) is 0 Å². The van der Waals surface area contributed by atoms with Gasteiger partial charge in [-0.1, -0.05) is 0 Å². The molecule has 28 heavy (non-hydrogen) atoms.